The first-order chi connectivity index (χ1) is 6.33. The van der Waals surface area contributed by atoms with Crippen LogP contribution in [0.1, 0.15) is 25.7 Å². The van der Waals surface area contributed by atoms with E-state index in [1.54, 1.807) is 0 Å². The molecule has 4 unspecified atom stereocenters. The Kier molecular flexibility index (Phi) is 1.54. The summed E-state index contributed by atoms with van der Waals surface area (Å²) in [6.45, 7) is 0. The van der Waals surface area contributed by atoms with Gasteiger partial charge in [-0.25, -0.2) is 20.3 Å². The molecule has 4 fully saturated rings. The minimum Gasteiger partial charge on any atom is -0.249 e. The van der Waals surface area contributed by atoms with Crippen LogP contribution in [0.2, 0.25) is 0 Å². The number of hydrogen-bond acceptors (Lipinski definition) is 4. The summed E-state index contributed by atoms with van der Waals surface area (Å²) < 4.78 is 0. The predicted molar refractivity (Wildman–Crippen MR) is 42.6 cm³/mol. The van der Waals surface area contributed by atoms with Gasteiger partial charge in [0.15, 0.2) is 0 Å². The highest BCUT2D eigenvalue weighted by atomic mass is 17.2. The third kappa shape index (κ3) is 0.722. The Morgan fingerprint density at radius 2 is 1.54 bits per heavy atom. The molecule has 4 aliphatic carbocycles. The third-order valence-corrected chi connectivity index (χ3v) is 4.49. The van der Waals surface area contributed by atoms with Crippen molar-refractivity contribution >= 4 is 0 Å². The Morgan fingerprint density at radius 1 is 1.00 bits per heavy atom. The summed E-state index contributed by atoms with van der Waals surface area (Å²) in [5.41, 5.74) is 0. The lowest BCUT2D eigenvalue weighted by Crippen LogP contribution is -2.54. The Hall–Kier alpha value is -0.160. The highest BCUT2D eigenvalue weighted by Crippen LogP contribution is 2.68. The molecule has 0 amide bonds. The summed E-state index contributed by atoms with van der Waals surface area (Å²) >= 11 is 0. The largest absolute Gasteiger partial charge is 0.249 e. The van der Waals surface area contributed by atoms with Crippen molar-refractivity contribution in [1.29, 1.82) is 0 Å². The molecule has 4 nitrogen and oxygen atoms in total. The summed E-state index contributed by atoms with van der Waals surface area (Å²) in [4.78, 5) is 8.75. The number of rotatable bonds is 2. The lowest BCUT2D eigenvalue weighted by molar-refractivity contribution is -0.531. The zero-order valence-corrected chi connectivity index (χ0v) is 7.35. The first-order valence-electron chi connectivity index (χ1n) is 4.98. The molecule has 4 heteroatoms. The Bertz CT molecular complexity index is 208. The lowest BCUT2D eigenvalue weighted by atomic mass is 9.73. The van der Waals surface area contributed by atoms with Crippen molar-refractivity contribution in [2.75, 3.05) is 0 Å². The summed E-state index contributed by atoms with van der Waals surface area (Å²) in [6, 6.07) is 0. The normalized spacial score (nSPS) is 50.3. The summed E-state index contributed by atoms with van der Waals surface area (Å²) in [5.74, 6) is 0.559. The van der Waals surface area contributed by atoms with Gasteiger partial charge in [0.05, 0.1) is 0 Å². The molecule has 0 radical (unpaired) electrons. The quantitative estimate of drug-likeness (QED) is 0.391. The van der Waals surface area contributed by atoms with E-state index in [0.717, 1.165) is 6.42 Å². The molecule has 2 bridgehead atoms. The van der Waals surface area contributed by atoms with E-state index >= 15 is 0 Å². The van der Waals surface area contributed by atoms with Gasteiger partial charge in [-0.15, -0.1) is 0 Å². The Morgan fingerprint density at radius 3 is 2.00 bits per heavy atom. The molecule has 4 atom stereocenters. The predicted octanol–water partition coefficient (Wildman–Crippen LogP) is 1.73. The average molecular weight is 186 g/mol. The Labute approximate surface area is 76.3 Å². The molecule has 0 spiro atoms. The smallest absolute Gasteiger partial charge is 0.239 e. The molecule has 0 saturated heterocycles. The molecule has 0 aromatic carbocycles. The van der Waals surface area contributed by atoms with E-state index in [1.165, 1.54) is 19.3 Å². The fraction of sp³-hybridized carbons (Fsp3) is 1.00. The molecule has 0 heterocycles. The van der Waals surface area contributed by atoms with E-state index in [2.05, 4.69) is 9.78 Å². The van der Waals surface area contributed by atoms with Gasteiger partial charge in [-0.05, 0) is 31.1 Å². The van der Waals surface area contributed by atoms with E-state index in [-0.39, 0.29) is 11.8 Å². The van der Waals surface area contributed by atoms with E-state index in [4.69, 9.17) is 10.5 Å². The SMILES string of the molecule is OOC1(OO)C2CC1C1CCCC12. The van der Waals surface area contributed by atoms with Gasteiger partial charge in [0.2, 0.25) is 5.79 Å². The maximum Gasteiger partial charge on any atom is 0.239 e. The van der Waals surface area contributed by atoms with Crippen molar-refractivity contribution < 1.29 is 20.3 Å². The first kappa shape index (κ1) is 8.17. The van der Waals surface area contributed by atoms with E-state index in [9.17, 15) is 0 Å². The van der Waals surface area contributed by atoms with Crippen LogP contribution in [-0.2, 0) is 9.78 Å². The highest BCUT2D eigenvalue weighted by Gasteiger charge is 2.72. The highest BCUT2D eigenvalue weighted by molar-refractivity contribution is 5.13. The van der Waals surface area contributed by atoms with Gasteiger partial charge in [-0.3, -0.25) is 0 Å². The fourth-order valence-electron chi connectivity index (χ4n) is 3.97. The van der Waals surface area contributed by atoms with Gasteiger partial charge in [-0.1, -0.05) is 6.42 Å². The van der Waals surface area contributed by atoms with Crippen LogP contribution < -0.4 is 0 Å². The van der Waals surface area contributed by atoms with Crippen LogP contribution in [0.4, 0.5) is 0 Å². The second kappa shape index (κ2) is 2.45. The molecule has 2 N–H and O–H groups in total. The zero-order valence-electron chi connectivity index (χ0n) is 7.35. The van der Waals surface area contributed by atoms with Gasteiger partial charge < -0.3 is 0 Å². The molecule has 4 aliphatic rings. The van der Waals surface area contributed by atoms with Gasteiger partial charge in [0.25, 0.3) is 0 Å². The molecule has 0 aliphatic heterocycles. The van der Waals surface area contributed by atoms with Crippen molar-refractivity contribution in [3.63, 3.8) is 0 Å². The van der Waals surface area contributed by atoms with Crippen LogP contribution >= 0.6 is 0 Å². The molecule has 0 aromatic heterocycles. The maximum absolute atomic E-state index is 8.79. The van der Waals surface area contributed by atoms with Crippen molar-refractivity contribution in [3.8, 4) is 0 Å². The van der Waals surface area contributed by atoms with Gasteiger partial charge >= 0.3 is 0 Å². The standard InChI is InChI=1S/C9H14O4/c10-12-9(13-11)7-4-8(9)6-3-1-2-5(6)7/h5-8,10-11H,1-4H2. The zero-order chi connectivity index (χ0) is 9.05. The second-order valence-electron chi connectivity index (χ2n) is 4.61. The lowest BCUT2D eigenvalue weighted by Gasteiger charge is -2.44. The second-order valence-corrected chi connectivity index (χ2v) is 4.61. The van der Waals surface area contributed by atoms with Crippen molar-refractivity contribution in [1.82, 2.24) is 0 Å². The summed E-state index contributed by atoms with van der Waals surface area (Å²) in [7, 11) is 0. The van der Waals surface area contributed by atoms with Crippen LogP contribution in [-0.4, -0.2) is 16.3 Å². The van der Waals surface area contributed by atoms with Crippen molar-refractivity contribution in [3.05, 3.63) is 0 Å². The fourth-order valence-corrected chi connectivity index (χ4v) is 3.97. The van der Waals surface area contributed by atoms with Crippen LogP contribution in [0.3, 0.4) is 0 Å². The monoisotopic (exact) mass is 186 g/mol. The van der Waals surface area contributed by atoms with E-state index < -0.39 is 5.79 Å². The first-order valence-corrected chi connectivity index (χ1v) is 4.98. The van der Waals surface area contributed by atoms with Crippen LogP contribution in [0, 0.1) is 23.7 Å². The summed E-state index contributed by atoms with van der Waals surface area (Å²) in [6.07, 6.45) is 4.70. The molecule has 13 heavy (non-hydrogen) atoms. The van der Waals surface area contributed by atoms with E-state index in [0.29, 0.717) is 11.8 Å². The molecule has 4 rings (SSSR count). The van der Waals surface area contributed by atoms with Crippen molar-refractivity contribution in [2.45, 2.75) is 31.5 Å². The van der Waals surface area contributed by atoms with Crippen LogP contribution in [0.25, 0.3) is 0 Å². The topological polar surface area (TPSA) is 58.9 Å². The molecule has 0 aromatic rings. The average Bonchev–Trinajstić information content (AvgIpc) is 2.67. The Balaban J connectivity index is 1.90. The minimum absolute atomic E-state index is 0.208. The van der Waals surface area contributed by atoms with Crippen molar-refractivity contribution in [2.24, 2.45) is 23.7 Å². The van der Waals surface area contributed by atoms with Crippen LogP contribution in [0.5, 0.6) is 0 Å². The van der Waals surface area contributed by atoms with Crippen LogP contribution in [0.15, 0.2) is 0 Å². The molecular weight excluding hydrogens is 172 g/mol. The van der Waals surface area contributed by atoms with Gasteiger partial charge in [-0.2, -0.15) is 0 Å². The molecular formula is C9H14O4. The van der Waals surface area contributed by atoms with Gasteiger partial charge in [0, 0.05) is 11.8 Å². The maximum atomic E-state index is 8.79. The minimum atomic E-state index is -1.06. The molecule has 74 valence electrons. The molecule has 4 saturated carbocycles. The number of hydrogen-bond donors (Lipinski definition) is 2. The third-order valence-electron chi connectivity index (χ3n) is 4.49. The van der Waals surface area contributed by atoms with Gasteiger partial charge in [0.1, 0.15) is 0 Å². The van der Waals surface area contributed by atoms with E-state index in [1.807, 2.05) is 0 Å². The summed E-state index contributed by atoms with van der Waals surface area (Å²) in [5, 5.41) is 17.6.